The number of ether oxygens (including phenoxy) is 3. The van der Waals surface area contributed by atoms with E-state index in [0.717, 1.165) is 13.0 Å². The molecule has 5 nitrogen and oxygen atoms in total. The molecule has 0 aromatic carbocycles. The number of aliphatic hydroxyl groups is 1. The number of aliphatic hydroxyl groups excluding tert-OH is 1. The Balaban J connectivity index is 1.99. The van der Waals surface area contributed by atoms with Gasteiger partial charge in [-0.05, 0) is 13.3 Å². The zero-order valence-electron chi connectivity index (χ0n) is 10.1. The van der Waals surface area contributed by atoms with Crippen molar-refractivity contribution in [3.8, 4) is 0 Å². The third-order valence-corrected chi connectivity index (χ3v) is 2.73. The molecule has 1 aliphatic rings. The molecule has 0 aromatic rings. The highest BCUT2D eigenvalue weighted by molar-refractivity contribution is 4.79. The first-order valence-electron chi connectivity index (χ1n) is 5.83. The van der Waals surface area contributed by atoms with E-state index in [-0.39, 0.29) is 6.10 Å². The zero-order chi connectivity index (χ0) is 11.8. The Morgan fingerprint density at radius 1 is 1.50 bits per heavy atom. The third-order valence-electron chi connectivity index (χ3n) is 2.73. The topological polar surface area (TPSA) is 60.0 Å². The summed E-state index contributed by atoms with van der Waals surface area (Å²) in [5.74, 6) is 0. The average Bonchev–Trinajstić information content (AvgIpc) is 2.67. The minimum atomic E-state index is -0.468. The smallest absolute Gasteiger partial charge is 0.0897 e. The molecular formula is C11H23NO4. The molecule has 96 valence electrons. The SMILES string of the molecule is COCCOCC(O)CNC1CCOC1C. The van der Waals surface area contributed by atoms with Gasteiger partial charge in [0, 0.05) is 26.3 Å². The van der Waals surface area contributed by atoms with Gasteiger partial charge >= 0.3 is 0 Å². The van der Waals surface area contributed by atoms with Gasteiger partial charge in [0.1, 0.15) is 0 Å². The fourth-order valence-electron chi connectivity index (χ4n) is 1.71. The molecule has 3 atom stereocenters. The first-order chi connectivity index (χ1) is 7.74. The minimum Gasteiger partial charge on any atom is -0.389 e. The zero-order valence-corrected chi connectivity index (χ0v) is 10.1. The maximum atomic E-state index is 9.63. The van der Waals surface area contributed by atoms with Crippen molar-refractivity contribution in [3.05, 3.63) is 0 Å². The van der Waals surface area contributed by atoms with E-state index in [1.165, 1.54) is 0 Å². The van der Waals surface area contributed by atoms with E-state index in [4.69, 9.17) is 14.2 Å². The van der Waals surface area contributed by atoms with Crippen molar-refractivity contribution in [3.63, 3.8) is 0 Å². The first kappa shape index (κ1) is 13.9. The summed E-state index contributed by atoms with van der Waals surface area (Å²) < 4.78 is 15.5. The molecule has 0 bridgehead atoms. The van der Waals surface area contributed by atoms with Crippen LogP contribution in [0.1, 0.15) is 13.3 Å². The molecule has 0 saturated carbocycles. The summed E-state index contributed by atoms with van der Waals surface area (Å²) in [5.41, 5.74) is 0. The molecule has 5 heteroatoms. The van der Waals surface area contributed by atoms with Crippen LogP contribution >= 0.6 is 0 Å². The van der Waals surface area contributed by atoms with Crippen molar-refractivity contribution >= 4 is 0 Å². The summed E-state index contributed by atoms with van der Waals surface area (Å²) in [6.07, 6.45) is 0.782. The Morgan fingerprint density at radius 2 is 2.31 bits per heavy atom. The van der Waals surface area contributed by atoms with E-state index in [2.05, 4.69) is 5.32 Å². The Labute approximate surface area is 97.1 Å². The molecule has 16 heavy (non-hydrogen) atoms. The maximum Gasteiger partial charge on any atom is 0.0897 e. The van der Waals surface area contributed by atoms with Gasteiger partial charge in [0.05, 0.1) is 32.0 Å². The van der Waals surface area contributed by atoms with E-state index in [1.807, 2.05) is 6.92 Å². The lowest BCUT2D eigenvalue weighted by molar-refractivity contribution is 0.0118. The van der Waals surface area contributed by atoms with Crippen LogP contribution in [0.5, 0.6) is 0 Å². The van der Waals surface area contributed by atoms with Gasteiger partial charge in [0.25, 0.3) is 0 Å². The molecule has 3 unspecified atom stereocenters. The van der Waals surface area contributed by atoms with Crippen LogP contribution in [0.3, 0.4) is 0 Å². The second-order valence-corrected chi connectivity index (χ2v) is 4.10. The molecule has 0 aliphatic carbocycles. The highest BCUT2D eigenvalue weighted by Crippen LogP contribution is 2.12. The second kappa shape index (κ2) is 7.97. The number of hydrogen-bond donors (Lipinski definition) is 2. The highest BCUT2D eigenvalue weighted by Gasteiger charge is 2.23. The summed E-state index contributed by atoms with van der Waals surface area (Å²) in [6.45, 7) is 4.83. The normalized spacial score (nSPS) is 27.2. The minimum absolute atomic E-state index is 0.238. The molecule has 1 saturated heterocycles. The fraction of sp³-hybridized carbons (Fsp3) is 1.00. The van der Waals surface area contributed by atoms with Crippen molar-refractivity contribution in [1.82, 2.24) is 5.32 Å². The standard InChI is InChI=1S/C11H23NO4/c1-9-11(3-4-16-9)12-7-10(13)8-15-6-5-14-2/h9-13H,3-8H2,1-2H3. The monoisotopic (exact) mass is 233 g/mol. The van der Waals surface area contributed by atoms with Crippen molar-refractivity contribution in [2.75, 3.05) is 40.1 Å². The van der Waals surface area contributed by atoms with Gasteiger partial charge in [-0.1, -0.05) is 0 Å². The Hall–Kier alpha value is -0.200. The first-order valence-corrected chi connectivity index (χ1v) is 5.83. The molecule has 1 aliphatic heterocycles. The summed E-state index contributed by atoms with van der Waals surface area (Å²) in [7, 11) is 1.63. The molecule has 0 spiro atoms. The summed E-state index contributed by atoms with van der Waals surface area (Å²) in [4.78, 5) is 0. The van der Waals surface area contributed by atoms with E-state index in [9.17, 15) is 5.11 Å². The van der Waals surface area contributed by atoms with Gasteiger partial charge < -0.3 is 24.6 Å². The van der Waals surface area contributed by atoms with Crippen LogP contribution in [-0.2, 0) is 14.2 Å². The van der Waals surface area contributed by atoms with Crippen LogP contribution in [-0.4, -0.2) is 63.4 Å². The van der Waals surface area contributed by atoms with Crippen LogP contribution in [0.15, 0.2) is 0 Å². The van der Waals surface area contributed by atoms with Crippen molar-refractivity contribution in [2.45, 2.75) is 31.6 Å². The van der Waals surface area contributed by atoms with E-state index >= 15 is 0 Å². The Kier molecular flexibility index (Phi) is 6.91. The van der Waals surface area contributed by atoms with Crippen molar-refractivity contribution < 1.29 is 19.3 Å². The van der Waals surface area contributed by atoms with Crippen LogP contribution in [0.4, 0.5) is 0 Å². The van der Waals surface area contributed by atoms with Gasteiger partial charge in [-0.15, -0.1) is 0 Å². The largest absolute Gasteiger partial charge is 0.389 e. The number of rotatable bonds is 8. The van der Waals surface area contributed by atoms with Gasteiger partial charge in [-0.25, -0.2) is 0 Å². The number of methoxy groups -OCH3 is 1. The average molecular weight is 233 g/mol. The molecule has 1 rings (SSSR count). The Bertz CT molecular complexity index is 179. The second-order valence-electron chi connectivity index (χ2n) is 4.10. The quantitative estimate of drug-likeness (QED) is 0.567. The van der Waals surface area contributed by atoms with Gasteiger partial charge in [0.2, 0.25) is 0 Å². The Morgan fingerprint density at radius 3 is 2.94 bits per heavy atom. The van der Waals surface area contributed by atoms with Crippen LogP contribution in [0.25, 0.3) is 0 Å². The number of nitrogens with one attached hydrogen (secondary N) is 1. The molecular weight excluding hydrogens is 210 g/mol. The summed E-state index contributed by atoms with van der Waals surface area (Å²) in [5, 5.41) is 12.9. The third kappa shape index (κ3) is 5.23. The van der Waals surface area contributed by atoms with E-state index < -0.39 is 6.10 Å². The lowest BCUT2D eigenvalue weighted by atomic mass is 10.1. The highest BCUT2D eigenvalue weighted by atomic mass is 16.5. The molecule has 0 radical (unpaired) electrons. The number of hydrogen-bond acceptors (Lipinski definition) is 5. The molecule has 0 amide bonds. The summed E-state index contributed by atoms with van der Waals surface area (Å²) in [6, 6.07) is 0.355. The lowest BCUT2D eigenvalue weighted by Gasteiger charge is -2.18. The molecule has 1 heterocycles. The van der Waals surface area contributed by atoms with Crippen LogP contribution in [0, 0.1) is 0 Å². The molecule has 1 fully saturated rings. The fourth-order valence-corrected chi connectivity index (χ4v) is 1.71. The lowest BCUT2D eigenvalue weighted by Crippen LogP contribution is -2.40. The van der Waals surface area contributed by atoms with Crippen LogP contribution in [0.2, 0.25) is 0 Å². The molecule has 2 N–H and O–H groups in total. The van der Waals surface area contributed by atoms with Gasteiger partial charge in [-0.3, -0.25) is 0 Å². The predicted molar refractivity (Wildman–Crippen MR) is 60.5 cm³/mol. The van der Waals surface area contributed by atoms with Crippen molar-refractivity contribution in [1.29, 1.82) is 0 Å². The van der Waals surface area contributed by atoms with E-state index in [0.29, 0.717) is 32.4 Å². The van der Waals surface area contributed by atoms with Crippen molar-refractivity contribution in [2.24, 2.45) is 0 Å². The van der Waals surface area contributed by atoms with Gasteiger partial charge in [-0.2, -0.15) is 0 Å². The van der Waals surface area contributed by atoms with Gasteiger partial charge in [0.15, 0.2) is 0 Å². The molecule has 0 aromatic heterocycles. The summed E-state index contributed by atoms with van der Waals surface area (Å²) >= 11 is 0. The predicted octanol–water partition coefficient (Wildman–Crippen LogP) is -0.223. The van der Waals surface area contributed by atoms with E-state index in [1.54, 1.807) is 7.11 Å². The van der Waals surface area contributed by atoms with Crippen LogP contribution < -0.4 is 5.32 Å². The maximum absolute atomic E-state index is 9.63.